The van der Waals surface area contributed by atoms with Crippen molar-refractivity contribution >= 4 is 28.2 Å². The van der Waals surface area contributed by atoms with E-state index in [1.807, 2.05) is 6.07 Å². The van der Waals surface area contributed by atoms with Gasteiger partial charge in [0.15, 0.2) is 0 Å². The van der Waals surface area contributed by atoms with Gasteiger partial charge >= 0.3 is 5.63 Å². The molecule has 3 rings (SSSR count). The molecule has 1 amide bonds. The van der Waals surface area contributed by atoms with Gasteiger partial charge in [0.25, 0.3) is 11.7 Å². The minimum atomic E-state index is -0.822. The maximum Gasteiger partial charge on any atom is 0.366 e. The van der Waals surface area contributed by atoms with Crippen molar-refractivity contribution in [3.63, 3.8) is 0 Å². The van der Waals surface area contributed by atoms with Crippen molar-refractivity contribution in [2.45, 2.75) is 6.92 Å². The molecule has 1 heterocycles. The Morgan fingerprint density at radius 3 is 2.52 bits per heavy atom. The molecule has 7 heteroatoms. The number of hydrogen-bond donors (Lipinski definition) is 1. The van der Waals surface area contributed by atoms with Gasteiger partial charge in [-0.3, -0.25) is 9.59 Å². The lowest BCUT2D eigenvalue weighted by Crippen LogP contribution is -2.22. The number of benzene rings is 2. The zero-order valence-electron chi connectivity index (χ0n) is 13.1. The second-order valence-corrected chi connectivity index (χ2v) is 5.29. The van der Waals surface area contributed by atoms with Crippen molar-refractivity contribution in [3.05, 3.63) is 69.7 Å². The number of aromatic nitrogens is 1. The van der Waals surface area contributed by atoms with Crippen LogP contribution in [-0.4, -0.2) is 16.8 Å². The number of Topliss-reactive ketones (excluding diaryl/α,β-unsaturated/α-hetero) is 1. The van der Waals surface area contributed by atoms with Crippen LogP contribution in [0, 0.1) is 18.3 Å². The highest BCUT2D eigenvalue weighted by Gasteiger charge is 2.17. The van der Waals surface area contributed by atoms with Gasteiger partial charge in [-0.2, -0.15) is 5.26 Å². The van der Waals surface area contributed by atoms with Crippen molar-refractivity contribution in [1.29, 1.82) is 5.26 Å². The van der Waals surface area contributed by atoms with E-state index in [2.05, 4.69) is 15.0 Å². The Labute approximate surface area is 141 Å². The monoisotopic (exact) mass is 333 g/mol. The van der Waals surface area contributed by atoms with E-state index in [9.17, 15) is 14.4 Å². The van der Waals surface area contributed by atoms with E-state index in [-0.39, 0.29) is 5.56 Å². The number of amides is 1. The molecule has 0 fully saturated rings. The normalized spacial score (nSPS) is 10.2. The standard InChI is InChI=1S/C18H11N3O4/c1-10-15-8-13(6-7-14(15)18(24)25-21-10)20-17(23)16(22)12-4-2-11(9-19)3-5-12/h2-8H,1H3,(H,20,23). The molecule has 0 spiro atoms. The van der Waals surface area contributed by atoms with E-state index in [0.29, 0.717) is 27.7 Å². The number of anilines is 1. The Balaban J connectivity index is 1.86. The molecule has 0 bridgehead atoms. The maximum atomic E-state index is 12.2. The van der Waals surface area contributed by atoms with Crippen molar-refractivity contribution in [2.24, 2.45) is 0 Å². The number of nitrogens with one attached hydrogen (secondary N) is 1. The largest absolute Gasteiger partial charge is 0.366 e. The predicted molar refractivity (Wildman–Crippen MR) is 89.1 cm³/mol. The van der Waals surface area contributed by atoms with E-state index in [4.69, 9.17) is 5.26 Å². The molecule has 0 unspecified atom stereocenters. The van der Waals surface area contributed by atoms with Crippen LogP contribution in [0.2, 0.25) is 0 Å². The Hall–Kier alpha value is -3.79. The molecule has 3 aromatic rings. The van der Waals surface area contributed by atoms with E-state index in [0.717, 1.165) is 0 Å². The van der Waals surface area contributed by atoms with Gasteiger partial charge in [-0.25, -0.2) is 4.79 Å². The maximum absolute atomic E-state index is 12.2. The number of nitriles is 1. The fourth-order valence-corrected chi connectivity index (χ4v) is 2.32. The first-order valence-electron chi connectivity index (χ1n) is 7.26. The molecule has 122 valence electrons. The first kappa shape index (κ1) is 16.1. The van der Waals surface area contributed by atoms with Gasteiger partial charge in [-0.1, -0.05) is 5.16 Å². The highest BCUT2D eigenvalue weighted by atomic mass is 16.5. The van der Waals surface area contributed by atoms with Crippen molar-refractivity contribution < 1.29 is 14.1 Å². The van der Waals surface area contributed by atoms with Crippen LogP contribution in [0.3, 0.4) is 0 Å². The summed E-state index contributed by atoms with van der Waals surface area (Å²) in [7, 11) is 0. The molecule has 0 aliphatic heterocycles. The van der Waals surface area contributed by atoms with Crippen LogP contribution in [-0.2, 0) is 4.79 Å². The molecule has 2 aromatic carbocycles. The first-order valence-corrected chi connectivity index (χ1v) is 7.26. The number of ketones is 1. The summed E-state index contributed by atoms with van der Waals surface area (Å²) in [4.78, 5) is 35.9. The Morgan fingerprint density at radius 1 is 1.12 bits per heavy atom. The van der Waals surface area contributed by atoms with Gasteiger partial charge in [-0.15, -0.1) is 0 Å². The SMILES string of the molecule is Cc1noc(=O)c2ccc(NC(=O)C(=O)c3ccc(C#N)cc3)cc12. The molecule has 0 aliphatic rings. The topological polar surface area (TPSA) is 113 Å². The van der Waals surface area contributed by atoms with Crippen molar-refractivity contribution in [3.8, 4) is 6.07 Å². The number of rotatable bonds is 3. The molecule has 0 saturated heterocycles. The van der Waals surface area contributed by atoms with Crippen LogP contribution in [0.5, 0.6) is 0 Å². The molecule has 0 radical (unpaired) electrons. The lowest BCUT2D eigenvalue weighted by Gasteiger charge is -2.06. The second-order valence-electron chi connectivity index (χ2n) is 5.29. The molecule has 1 N–H and O–H groups in total. The lowest BCUT2D eigenvalue weighted by atomic mass is 10.1. The minimum Gasteiger partial charge on any atom is -0.319 e. The summed E-state index contributed by atoms with van der Waals surface area (Å²) in [6.45, 7) is 1.67. The zero-order valence-corrected chi connectivity index (χ0v) is 13.1. The van der Waals surface area contributed by atoms with E-state index in [1.54, 1.807) is 13.0 Å². The smallest absolute Gasteiger partial charge is 0.319 e. The zero-order chi connectivity index (χ0) is 18.0. The molecule has 7 nitrogen and oxygen atoms in total. The fraction of sp³-hybridized carbons (Fsp3) is 0.0556. The van der Waals surface area contributed by atoms with E-state index >= 15 is 0 Å². The number of carbonyl (C=O) groups is 2. The third-order valence-electron chi connectivity index (χ3n) is 3.64. The van der Waals surface area contributed by atoms with Gasteiger partial charge in [0, 0.05) is 16.6 Å². The summed E-state index contributed by atoms with van der Waals surface area (Å²) in [5, 5.41) is 15.7. The van der Waals surface area contributed by atoms with Crippen molar-refractivity contribution in [1.82, 2.24) is 5.16 Å². The number of fused-ring (bicyclic) bond motifs is 1. The average Bonchev–Trinajstić information content (AvgIpc) is 2.64. The molecule has 0 saturated carbocycles. The number of aryl methyl sites for hydroxylation is 1. The highest BCUT2D eigenvalue weighted by Crippen LogP contribution is 2.19. The van der Waals surface area contributed by atoms with Gasteiger partial charge < -0.3 is 9.84 Å². The van der Waals surface area contributed by atoms with E-state index in [1.165, 1.54) is 36.4 Å². The van der Waals surface area contributed by atoms with Gasteiger partial charge in [0.05, 0.1) is 22.7 Å². The molecule has 0 aliphatic carbocycles. The molecular formula is C18H11N3O4. The molecular weight excluding hydrogens is 322 g/mol. The Kier molecular flexibility index (Phi) is 4.10. The summed E-state index contributed by atoms with van der Waals surface area (Å²) < 4.78 is 4.64. The number of hydrogen-bond acceptors (Lipinski definition) is 6. The molecule has 25 heavy (non-hydrogen) atoms. The molecule has 1 aromatic heterocycles. The van der Waals surface area contributed by atoms with Gasteiger partial charge in [-0.05, 0) is 49.4 Å². The summed E-state index contributed by atoms with van der Waals surface area (Å²) in [5.41, 5.74) is 0.843. The number of carbonyl (C=O) groups excluding carboxylic acids is 2. The minimum absolute atomic E-state index is 0.177. The van der Waals surface area contributed by atoms with Crippen LogP contribution in [0.1, 0.15) is 21.6 Å². The quantitative estimate of drug-likeness (QED) is 0.580. The average molecular weight is 333 g/mol. The summed E-state index contributed by atoms with van der Waals surface area (Å²) in [5.74, 6) is -1.55. The predicted octanol–water partition coefficient (Wildman–Crippen LogP) is 2.19. The Morgan fingerprint density at radius 2 is 1.84 bits per heavy atom. The van der Waals surface area contributed by atoms with E-state index < -0.39 is 17.3 Å². The molecule has 0 atom stereocenters. The van der Waals surface area contributed by atoms with Gasteiger partial charge in [0.1, 0.15) is 0 Å². The summed E-state index contributed by atoms with van der Waals surface area (Å²) >= 11 is 0. The first-order chi connectivity index (χ1) is 12.0. The van der Waals surface area contributed by atoms with Crippen LogP contribution >= 0.6 is 0 Å². The Bertz CT molecular complexity index is 1090. The van der Waals surface area contributed by atoms with Crippen LogP contribution in [0.4, 0.5) is 5.69 Å². The van der Waals surface area contributed by atoms with Crippen LogP contribution in [0.25, 0.3) is 10.8 Å². The van der Waals surface area contributed by atoms with Crippen LogP contribution < -0.4 is 10.9 Å². The highest BCUT2D eigenvalue weighted by molar-refractivity contribution is 6.46. The van der Waals surface area contributed by atoms with Gasteiger partial charge in [0.2, 0.25) is 0 Å². The van der Waals surface area contributed by atoms with Crippen LogP contribution in [0.15, 0.2) is 51.8 Å². The third-order valence-corrected chi connectivity index (χ3v) is 3.64. The second kappa shape index (κ2) is 6.37. The fourth-order valence-electron chi connectivity index (χ4n) is 2.32. The third kappa shape index (κ3) is 3.14. The summed E-state index contributed by atoms with van der Waals surface area (Å²) in [6, 6.07) is 12.3. The number of nitrogens with zero attached hydrogens (tertiary/aromatic N) is 2. The summed E-state index contributed by atoms with van der Waals surface area (Å²) in [6.07, 6.45) is 0. The lowest BCUT2D eigenvalue weighted by molar-refractivity contribution is -0.112. The van der Waals surface area contributed by atoms with Crippen molar-refractivity contribution in [2.75, 3.05) is 5.32 Å².